The maximum absolute atomic E-state index is 11.8. The second-order valence-corrected chi connectivity index (χ2v) is 4.87. The highest BCUT2D eigenvalue weighted by atomic mass is 32.1. The van der Waals surface area contributed by atoms with E-state index in [-0.39, 0.29) is 11.6 Å². The Balaban J connectivity index is 2.12. The van der Waals surface area contributed by atoms with Crippen molar-refractivity contribution >= 4 is 34.7 Å². The van der Waals surface area contributed by atoms with E-state index in [0.29, 0.717) is 11.3 Å². The number of hydrogen-bond donors (Lipinski definition) is 1. The largest absolute Gasteiger partial charge is 0.322 e. The number of benzene rings is 1. The molecule has 0 bridgehead atoms. The Labute approximate surface area is 119 Å². The summed E-state index contributed by atoms with van der Waals surface area (Å²) in [5.41, 5.74) is 1.82. The molecule has 102 valence electrons. The Kier molecular flexibility index (Phi) is 4.27. The number of hydrogen-bond acceptors (Lipinski definition) is 4. The van der Waals surface area contributed by atoms with Crippen molar-refractivity contribution in [2.45, 2.75) is 6.92 Å². The first-order chi connectivity index (χ1) is 9.58. The van der Waals surface area contributed by atoms with Crippen LogP contribution in [0.1, 0.15) is 11.1 Å². The summed E-state index contributed by atoms with van der Waals surface area (Å²) in [6.45, 7) is 1.61. The van der Waals surface area contributed by atoms with E-state index in [1.807, 2.05) is 16.8 Å². The fourth-order valence-corrected chi connectivity index (χ4v) is 2.30. The summed E-state index contributed by atoms with van der Waals surface area (Å²) >= 11 is 1.54. The minimum atomic E-state index is -0.466. The molecule has 5 nitrogen and oxygen atoms in total. The molecule has 2 rings (SSSR count). The summed E-state index contributed by atoms with van der Waals surface area (Å²) in [6, 6.07) is 6.49. The SMILES string of the molecule is Cc1c(NC(=O)/C=C/c2ccsc2)cccc1[N+](=O)[O-]. The fourth-order valence-electron chi connectivity index (χ4n) is 1.67. The molecule has 0 aliphatic heterocycles. The topological polar surface area (TPSA) is 72.2 Å². The molecule has 1 N–H and O–H groups in total. The molecule has 0 aliphatic rings. The van der Waals surface area contributed by atoms with E-state index in [9.17, 15) is 14.9 Å². The van der Waals surface area contributed by atoms with Gasteiger partial charge in [0.1, 0.15) is 0 Å². The van der Waals surface area contributed by atoms with E-state index in [1.165, 1.54) is 12.1 Å². The summed E-state index contributed by atoms with van der Waals surface area (Å²) < 4.78 is 0. The molecule has 0 saturated heterocycles. The molecule has 0 radical (unpaired) electrons. The normalized spacial score (nSPS) is 10.7. The van der Waals surface area contributed by atoms with Gasteiger partial charge in [0.05, 0.1) is 16.2 Å². The molecule has 1 aromatic carbocycles. The summed E-state index contributed by atoms with van der Waals surface area (Å²) in [5, 5.41) is 17.3. The highest BCUT2D eigenvalue weighted by Gasteiger charge is 2.13. The molecule has 1 amide bonds. The monoisotopic (exact) mass is 288 g/mol. The van der Waals surface area contributed by atoms with Gasteiger partial charge < -0.3 is 5.32 Å². The van der Waals surface area contributed by atoms with Gasteiger partial charge in [0.15, 0.2) is 0 Å². The van der Waals surface area contributed by atoms with E-state index in [2.05, 4.69) is 5.32 Å². The van der Waals surface area contributed by atoms with Crippen LogP contribution in [-0.4, -0.2) is 10.8 Å². The van der Waals surface area contributed by atoms with Gasteiger partial charge in [-0.3, -0.25) is 14.9 Å². The second-order valence-electron chi connectivity index (χ2n) is 4.09. The molecule has 0 saturated carbocycles. The van der Waals surface area contributed by atoms with Crippen molar-refractivity contribution in [2.75, 3.05) is 5.32 Å². The number of amides is 1. The zero-order chi connectivity index (χ0) is 14.5. The van der Waals surface area contributed by atoms with Crippen LogP contribution in [-0.2, 0) is 4.79 Å². The lowest BCUT2D eigenvalue weighted by molar-refractivity contribution is -0.385. The van der Waals surface area contributed by atoms with E-state index in [1.54, 1.807) is 36.5 Å². The van der Waals surface area contributed by atoms with Gasteiger partial charge in [-0.1, -0.05) is 6.07 Å². The van der Waals surface area contributed by atoms with E-state index in [0.717, 1.165) is 5.56 Å². The van der Waals surface area contributed by atoms with Crippen molar-refractivity contribution in [3.05, 3.63) is 62.3 Å². The summed E-state index contributed by atoms with van der Waals surface area (Å²) in [7, 11) is 0. The minimum absolute atomic E-state index is 0.00962. The molecule has 0 aliphatic carbocycles. The molecule has 0 fully saturated rings. The van der Waals surface area contributed by atoms with Crippen LogP contribution in [0.15, 0.2) is 41.1 Å². The first kappa shape index (κ1) is 14.0. The number of anilines is 1. The zero-order valence-electron chi connectivity index (χ0n) is 10.7. The number of nitrogens with zero attached hydrogens (tertiary/aromatic N) is 1. The summed E-state index contributed by atoms with van der Waals surface area (Å²) in [6.07, 6.45) is 3.10. The third-order valence-electron chi connectivity index (χ3n) is 2.73. The van der Waals surface area contributed by atoms with Crippen molar-refractivity contribution in [2.24, 2.45) is 0 Å². The van der Waals surface area contributed by atoms with Gasteiger partial charge in [0.25, 0.3) is 5.69 Å². The third kappa shape index (κ3) is 3.30. The third-order valence-corrected chi connectivity index (χ3v) is 3.43. The number of nitro benzene ring substituents is 1. The summed E-state index contributed by atoms with van der Waals surface area (Å²) in [4.78, 5) is 22.1. The molecule has 1 aromatic heterocycles. The van der Waals surface area contributed by atoms with Gasteiger partial charge in [-0.25, -0.2) is 0 Å². The van der Waals surface area contributed by atoms with Gasteiger partial charge in [-0.05, 0) is 41.5 Å². The molecule has 20 heavy (non-hydrogen) atoms. The van der Waals surface area contributed by atoms with E-state index in [4.69, 9.17) is 0 Å². The minimum Gasteiger partial charge on any atom is -0.322 e. The van der Waals surface area contributed by atoms with Crippen LogP contribution in [0.2, 0.25) is 0 Å². The Bertz CT molecular complexity index is 663. The van der Waals surface area contributed by atoms with Gasteiger partial charge >= 0.3 is 0 Å². The standard InChI is InChI=1S/C14H12N2O3S/c1-10-12(3-2-4-13(10)16(18)19)15-14(17)6-5-11-7-8-20-9-11/h2-9H,1H3,(H,15,17)/b6-5+. The van der Waals surface area contributed by atoms with Crippen LogP contribution < -0.4 is 5.32 Å². The molecule has 0 unspecified atom stereocenters. The van der Waals surface area contributed by atoms with Crippen molar-refractivity contribution in [3.63, 3.8) is 0 Å². The predicted octanol–water partition coefficient (Wildman–Crippen LogP) is 3.62. The molecule has 6 heteroatoms. The first-order valence-electron chi connectivity index (χ1n) is 5.83. The zero-order valence-corrected chi connectivity index (χ0v) is 11.5. The maximum atomic E-state index is 11.8. The van der Waals surface area contributed by atoms with Gasteiger partial charge in [-0.2, -0.15) is 11.3 Å². The van der Waals surface area contributed by atoms with Gasteiger partial charge in [0, 0.05) is 12.1 Å². The molecule has 0 atom stereocenters. The number of carbonyl (C=O) groups is 1. The lowest BCUT2D eigenvalue weighted by Gasteiger charge is -2.06. The quantitative estimate of drug-likeness (QED) is 0.530. The lowest BCUT2D eigenvalue weighted by Crippen LogP contribution is -2.09. The van der Waals surface area contributed by atoms with Crippen LogP contribution in [0.4, 0.5) is 11.4 Å². The number of thiophene rings is 1. The van der Waals surface area contributed by atoms with E-state index >= 15 is 0 Å². The fraction of sp³-hybridized carbons (Fsp3) is 0.0714. The van der Waals surface area contributed by atoms with Crippen molar-refractivity contribution < 1.29 is 9.72 Å². The number of carbonyl (C=O) groups excluding carboxylic acids is 1. The Morgan fingerprint density at radius 3 is 2.85 bits per heavy atom. The lowest BCUT2D eigenvalue weighted by atomic mass is 10.1. The number of nitrogens with one attached hydrogen (secondary N) is 1. The van der Waals surface area contributed by atoms with Crippen LogP contribution in [0.25, 0.3) is 6.08 Å². The second kappa shape index (κ2) is 6.12. The molecular formula is C14H12N2O3S. The molecule has 2 aromatic rings. The van der Waals surface area contributed by atoms with Gasteiger partial charge in [-0.15, -0.1) is 0 Å². The van der Waals surface area contributed by atoms with Crippen LogP contribution in [0.5, 0.6) is 0 Å². The van der Waals surface area contributed by atoms with Crippen molar-refractivity contribution in [1.82, 2.24) is 0 Å². The predicted molar refractivity (Wildman–Crippen MR) is 79.8 cm³/mol. The Morgan fingerprint density at radius 1 is 1.40 bits per heavy atom. The summed E-state index contributed by atoms with van der Waals surface area (Å²) in [5.74, 6) is -0.320. The maximum Gasteiger partial charge on any atom is 0.274 e. The van der Waals surface area contributed by atoms with E-state index < -0.39 is 4.92 Å². The van der Waals surface area contributed by atoms with Crippen molar-refractivity contribution in [3.8, 4) is 0 Å². The Hall–Kier alpha value is -2.47. The number of nitro groups is 1. The van der Waals surface area contributed by atoms with Crippen LogP contribution in [0.3, 0.4) is 0 Å². The number of rotatable bonds is 4. The molecular weight excluding hydrogens is 276 g/mol. The average Bonchev–Trinajstić information content (AvgIpc) is 2.91. The average molecular weight is 288 g/mol. The highest BCUT2D eigenvalue weighted by Crippen LogP contribution is 2.24. The molecule has 1 heterocycles. The Morgan fingerprint density at radius 2 is 2.20 bits per heavy atom. The highest BCUT2D eigenvalue weighted by molar-refractivity contribution is 7.08. The van der Waals surface area contributed by atoms with Gasteiger partial charge in [0.2, 0.25) is 5.91 Å². The smallest absolute Gasteiger partial charge is 0.274 e. The van der Waals surface area contributed by atoms with Crippen molar-refractivity contribution in [1.29, 1.82) is 0 Å². The van der Waals surface area contributed by atoms with Crippen LogP contribution >= 0.6 is 11.3 Å². The molecule has 0 spiro atoms. The first-order valence-corrected chi connectivity index (χ1v) is 6.77. The van der Waals surface area contributed by atoms with Crippen LogP contribution in [0, 0.1) is 17.0 Å².